The molecule has 7 nitrogen and oxygen atoms in total. The number of hydrogen-bond donors (Lipinski definition) is 0. The Kier molecular flexibility index (Phi) is 6.77. The molecule has 1 saturated heterocycles. The van der Waals surface area contributed by atoms with Crippen LogP contribution >= 0.6 is 0 Å². The molecule has 196 valence electrons. The van der Waals surface area contributed by atoms with Crippen molar-refractivity contribution in [3.05, 3.63) is 94.0 Å². The molecule has 6 rings (SSSR count). The quantitative estimate of drug-likeness (QED) is 0.373. The maximum atomic E-state index is 13.0. The van der Waals surface area contributed by atoms with Crippen molar-refractivity contribution in [2.24, 2.45) is 7.05 Å². The number of likely N-dealkylation sites (tertiary alicyclic amines) is 1. The van der Waals surface area contributed by atoms with Crippen molar-refractivity contribution < 1.29 is 9.53 Å². The number of rotatable bonds is 7. The van der Waals surface area contributed by atoms with Crippen LogP contribution in [0.25, 0.3) is 16.6 Å². The molecule has 0 radical (unpaired) electrons. The van der Waals surface area contributed by atoms with Crippen LogP contribution in [-0.4, -0.2) is 51.0 Å². The predicted octanol–water partition coefficient (Wildman–Crippen LogP) is 4.28. The van der Waals surface area contributed by atoms with Crippen LogP contribution in [0.3, 0.4) is 0 Å². The first kappa shape index (κ1) is 24.5. The number of amides is 1. The van der Waals surface area contributed by atoms with Gasteiger partial charge in [-0.25, -0.2) is 0 Å². The van der Waals surface area contributed by atoms with Crippen LogP contribution in [0.15, 0.2) is 71.7 Å². The van der Waals surface area contributed by atoms with Gasteiger partial charge in [0.25, 0.3) is 5.56 Å². The Bertz CT molecular complexity index is 1520. The number of pyridine rings is 1. The highest BCUT2D eigenvalue weighted by atomic mass is 16.5. The van der Waals surface area contributed by atoms with E-state index in [0.717, 1.165) is 54.8 Å². The SMILES string of the molecule is Cn1c2c(c3ccc(-n4ccc(OCc5ccccc5)cc4=O)cc31)CN(C(=O)CCN1CCCC1)CC2. The van der Waals surface area contributed by atoms with E-state index in [1.165, 1.54) is 30.2 Å². The Morgan fingerprint density at radius 3 is 2.58 bits per heavy atom. The number of fused-ring (bicyclic) bond motifs is 3. The average Bonchev–Trinajstić information content (AvgIpc) is 3.57. The third kappa shape index (κ3) is 4.86. The Balaban J connectivity index is 1.19. The Labute approximate surface area is 222 Å². The summed E-state index contributed by atoms with van der Waals surface area (Å²) in [5, 5.41) is 1.15. The van der Waals surface area contributed by atoms with Gasteiger partial charge >= 0.3 is 0 Å². The van der Waals surface area contributed by atoms with E-state index in [4.69, 9.17) is 4.74 Å². The lowest BCUT2D eigenvalue weighted by Gasteiger charge is -2.28. The number of aromatic nitrogens is 2. The lowest BCUT2D eigenvalue weighted by Crippen LogP contribution is -2.37. The number of benzene rings is 2. The lowest BCUT2D eigenvalue weighted by atomic mass is 10.0. The van der Waals surface area contributed by atoms with Crippen molar-refractivity contribution in [1.29, 1.82) is 0 Å². The van der Waals surface area contributed by atoms with Gasteiger partial charge in [0.1, 0.15) is 12.4 Å². The van der Waals surface area contributed by atoms with Crippen molar-refractivity contribution in [1.82, 2.24) is 18.9 Å². The van der Waals surface area contributed by atoms with E-state index in [1.807, 2.05) is 47.4 Å². The van der Waals surface area contributed by atoms with Gasteiger partial charge in [-0.1, -0.05) is 36.4 Å². The first-order valence-electron chi connectivity index (χ1n) is 13.6. The third-order valence-electron chi connectivity index (χ3n) is 8.00. The van der Waals surface area contributed by atoms with Crippen molar-refractivity contribution in [2.75, 3.05) is 26.2 Å². The number of aryl methyl sites for hydroxylation is 1. The van der Waals surface area contributed by atoms with Crippen LogP contribution in [0.4, 0.5) is 0 Å². The van der Waals surface area contributed by atoms with E-state index in [2.05, 4.69) is 28.6 Å². The summed E-state index contributed by atoms with van der Waals surface area (Å²) in [6.45, 7) is 4.94. The number of nitrogens with zero attached hydrogens (tertiary/aromatic N) is 4. The van der Waals surface area contributed by atoms with E-state index in [1.54, 1.807) is 10.8 Å². The van der Waals surface area contributed by atoms with Crippen LogP contribution in [0.5, 0.6) is 5.75 Å². The van der Waals surface area contributed by atoms with Gasteiger partial charge in [-0.3, -0.25) is 14.2 Å². The smallest absolute Gasteiger partial charge is 0.258 e. The Hall–Kier alpha value is -3.84. The second kappa shape index (κ2) is 10.5. The van der Waals surface area contributed by atoms with Crippen LogP contribution in [0.1, 0.15) is 36.1 Å². The second-order valence-electron chi connectivity index (χ2n) is 10.4. The molecule has 0 N–H and O–H groups in total. The monoisotopic (exact) mass is 510 g/mol. The van der Waals surface area contributed by atoms with E-state index >= 15 is 0 Å². The molecular weight excluding hydrogens is 476 g/mol. The van der Waals surface area contributed by atoms with Gasteiger partial charge in [0.05, 0.1) is 11.2 Å². The van der Waals surface area contributed by atoms with Crippen LogP contribution in [-0.2, 0) is 31.4 Å². The Morgan fingerprint density at radius 1 is 0.974 bits per heavy atom. The topological polar surface area (TPSA) is 59.7 Å². The van der Waals surface area contributed by atoms with E-state index in [9.17, 15) is 9.59 Å². The highest BCUT2D eigenvalue weighted by Crippen LogP contribution is 2.32. The second-order valence-corrected chi connectivity index (χ2v) is 10.4. The van der Waals surface area contributed by atoms with Gasteiger partial charge in [-0.15, -0.1) is 0 Å². The fourth-order valence-electron chi connectivity index (χ4n) is 5.85. The van der Waals surface area contributed by atoms with Crippen LogP contribution in [0, 0.1) is 0 Å². The molecular formula is C31H34N4O3. The van der Waals surface area contributed by atoms with Gasteiger partial charge < -0.3 is 19.1 Å². The normalized spacial score (nSPS) is 15.7. The number of ether oxygens (including phenoxy) is 1. The summed E-state index contributed by atoms with van der Waals surface area (Å²) in [5.74, 6) is 0.803. The van der Waals surface area contributed by atoms with Crippen molar-refractivity contribution in [3.63, 3.8) is 0 Å². The third-order valence-corrected chi connectivity index (χ3v) is 8.00. The molecule has 0 atom stereocenters. The molecule has 38 heavy (non-hydrogen) atoms. The lowest BCUT2D eigenvalue weighted by molar-refractivity contribution is -0.132. The highest BCUT2D eigenvalue weighted by molar-refractivity contribution is 5.88. The number of carbonyl (C=O) groups excluding carboxylic acids is 1. The van der Waals surface area contributed by atoms with Crippen LogP contribution in [0.2, 0.25) is 0 Å². The Morgan fingerprint density at radius 2 is 1.79 bits per heavy atom. The van der Waals surface area contributed by atoms with Gasteiger partial charge in [0, 0.05) is 68.4 Å². The van der Waals surface area contributed by atoms with E-state index in [-0.39, 0.29) is 11.5 Å². The largest absolute Gasteiger partial charge is 0.489 e. The maximum Gasteiger partial charge on any atom is 0.258 e. The maximum absolute atomic E-state index is 13.0. The summed E-state index contributed by atoms with van der Waals surface area (Å²) in [7, 11) is 2.08. The van der Waals surface area contributed by atoms with Gasteiger partial charge in [0.2, 0.25) is 5.91 Å². The fraction of sp³-hybridized carbons (Fsp3) is 0.355. The molecule has 2 aliphatic heterocycles. The summed E-state index contributed by atoms with van der Waals surface area (Å²) in [5.41, 5.74) is 5.32. The molecule has 2 aromatic heterocycles. The standard InChI is InChI=1S/C31H34N4O3/c1-32-28-12-17-34(30(36)13-16-33-14-5-6-15-33)21-27(28)26-10-9-24(19-29(26)32)35-18-11-25(20-31(35)37)38-22-23-7-3-2-4-8-23/h2-4,7-11,18-20H,5-6,12-17,21-22H2,1H3. The summed E-state index contributed by atoms with van der Waals surface area (Å²) in [6.07, 6.45) is 5.71. The minimum absolute atomic E-state index is 0.136. The molecule has 0 spiro atoms. The zero-order chi connectivity index (χ0) is 26.1. The summed E-state index contributed by atoms with van der Waals surface area (Å²) >= 11 is 0. The molecule has 0 saturated carbocycles. The summed E-state index contributed by atoms with van der Waals surface area (Å²) in [6, 6.07) is 19.4. The first-order chi connectivity index (χ1) is 18.6. The molecule has 1 fully saturated rings. The molecule has 0 unspecified atom stereocenters. The molecule has 4 aromatic rings. The fourth-order valence-corrected chi connectivity index (χ4v) is 5.85. The van der Waals surface area contributed by atoms with Crippen molar-refractivity contribution >= 4 is 16.8 Å². The molecule has 2 aliphatic rings. The van der Waals surface area contributed by atoms with E-state index in [0.29, 0.717) is 25.3 Å². The minimum atomic E-state index is -0.136. The zero-order valence-electron chi connectivity index (χ0n) is 21.9. The zero-order valence-corrected chi connectivity index (χ0v) is 21.9. The van der Waals surface area contributed by atoms with Crippen molar-refractivity contribution in [3.8, 4) is 11.4 Å². The van der Waals surface area contributed by atoms with Gasteiger partial charge in [-0.2, -0.15) is 0 Å². The summed E-state index contributed by atoms with van der Waals surface area (Å²) in [4.78, 5) is 30.4. The van der Waals surface area contributed by atoms with Gasteiger partial charge in [0.15, 0.2) is 0 Å². The van der Waals surface area contributed by atoms with E-state index < -0.39 is 0 Å². The highest BCUT2D eigenvalue weighted by Gasteiger charge is 2.26. The molecule has 2 aromatic carbocycles. The average molecular weight is 511 g/mol. The number of hydrogen-bond acceptors (Lipinski definition) is 4. The molecule has 7 heteroatoms. The first-order valence-corrected chi connectivity index (χ1v) is 13.6. The molecule has 4 heterocycles. The summed E-state index contributed by atoms with van der Waals surface area (Å²) < 4.78 is 9.70. The molecule has 0 bridgehead atoms. The predicted molar refractivity (Wildman–Crippen MR) is 149 cm³/mol. The molecule has 0 aliphatic carbocycles. The molecule has 1 amide bonds. The van der Waals surface area contributed by atoms with Gasteiger partial charge in [-0.05, 0) is 49.7 Å². The minimum Gasteiger partial charge on any atom is -0.489 e. The number of carbonyl (C=O) groups is 1. The van der Waals surface area contributed by atoms with Crippen LogP contribution < -0.4 is 10.3 Å². The van der Waals surface area contributed by atoms with Crippen molar-refractivity contribution in [2.45, 2.75) is 38.8 Å².